The lowest BCUT2D eigenvalue weighted by molar-refractivity contribution is -0.118. The number of hydrogen-bond acceptors (Lipinski definition) is 6. The van der Waals surface area contributed by atoms with Crippen LogP contribution in [0.1, 0.15) is 11.3 Å². The molecule has 8 nitrogen and oxygen atoms in total. The number of nitrogens with zero attached hydrogens (tertiary/aromatic N) is 5. The van der Waals surface area contributed by atoms with Crippen molar-refractivity contribution < 1.29 is 9.53 Å². The van der Waals surface area contributed by atoms with Gasteiger partial charge in [0, 0.05) is 18.0 Å². The molecule has 1 aliphatic rings. The Hall–Kier alpha value is -3.69. The Morgan fingerprint density at radius 3 is 2.85 bits per heavy atom. The molecule has 1 aliphatic heterocycles. The third-order valence-electron chi connectivity index (χ3n) is 5.14. The van der Waals surface area contributed by atoms with Gasteiger partial charge in [-0.05, 0) is 37.3 Å². The maximum absolute atomic E-state index is 11.7. The van der Waals surface area contributed by atoms with Gasteiger partial charge in [0.1, 0.15) is 10.9 Å². The minimum absolute atomic E-state index is 0.0186. The van der Waals surface area contributed by atoms with Crippen LogP contribution in [-0.2, 0) is 4.79 Å². The van der Waals surface area contributed by atoms with Crippen molar-refractivity contribution in [2.24, 2.45) is 10.1 Å². The van der Waals surface area contributed by atoms with Crippen molar-refractivity contribution in [3.05, 3.63) is 75.1 Å². The number of aromatic nitrogens is 3. The van der Waals surface area contributed by atoms with Crippen LogP contribution in [0.3, 0.4) is 0 Å². The van der Waals surface area contributed by atoms with Crippen LogP contribution < -0.4 is 14.9 Å². The lowest BCUT2D eigenvalue weighted by atomic mass is 10.1. The van der Waals surface area contributed by atoms with Crippen molar-refractivity contribution in [1.29, 1.82) is 0 Å². The van der Waals surface area contributed by atoms with Crippen molar-refractivity contribution in [1.82, 2.24) is 14.5 Å². The number of halogens is 1. The van der Waals surface area contributed by atoms with Gasteiger partial charge >= 0.3 is 0 Å². The summed E-state index contributed by atoms with van der Waals surface area (Å²) in [6, 6.07) is 15.3. The summed E-state index contributed by atoms with van der Waals surface area (Å²) >= 11 is 8.12. The molecule has 1 amide bonds. The van der Waals surface area contributed by atoms with Gasteiger partial charge in [0.15, 0.2) is 6.61 Å². The average molecular weight is 479 g/mol. The maximum atomic E-state index is 11.7. The van der Waals surface area contributed by atoms with Gasteiger partial charge < -0.3 is 10.1 Å². The van der Waals surface area contributed by atoms with Gasteiger partial charge in [0.2, 0.25) is 4.80 Å². The Morgan fingerprint density at radius 1 is 1.24 bits per heavy atom. The molecule has 10 heteroatoms. The van der Waals surface area contributed by atoms with E-state index in [-0.39, 0.29) is 12.5 Å². The Kier molecular flexibility index (Phi) is 5.57. The molecule has 0 saturated heterocycles. The van der Waals surface area contributed by atoms with E-state index in [2.05, 4.69) is 15.4 Å². The molecule has 4 aromatic rings. The third-order valence-corrected chi connectivity index (χ3v) is 6.41. The first-order valence-corrected chi connectivity index (χ1v) is 11.4. The molecule has 0 radical (unpaired) electrons. The van der Waals surface area contributed by atoms with Crippen LogP contribution >= 0.6 is 22.9 Å². The number of carbonyl (C=O) groups excluding carboxylic acids is 1. The number of carbonyl (C=O) groups is 1. The predicted molar refractivity (Wildman–Crippen MR) is 130 cm³/mol. The molecule has 0 spiro atoms. The molecule has 0 aliphatic carbocycles. The zero-order valence-corrected chi connectivity index (χ0v) is 19.4. The summed E-state index contributed by atoms with van der Waals surface area (Å²) in [5.74, 6) is 0.459. The molecule has 2 aromatic heterocycles. The van der Waals surface area contributed by atoms with Gasteiger partial charge in [0.25, 0.3) is 5.91 Å². The Morgan fingerprint density at radius 2 is 2.06 bits per heavy atom. The van der Waals surface area contributed by atoms with E-state index in [9.17, 15) is 4.79 Å². The predicted octanol–water partition coefficient (Wildman–Crippen LogP) is 4.11. The van der Waals surface area contributed by atoms with E-state index in [0.717, 1.165) is 28.2 Å². The monoisotopic (exact) mass is 478 g/mol. The fraction of sp³-hybridized carbons (Fsp3) is 0.130. The molecule has 1 N–H and O–H groups in total. The molecule has 3 heterocycles. The van der Waals surface area contributed by atoms with E-state index in [0.29, 0.717) is 21.4 Å². The molecule has 0 bridgehead atoms. The van der Waals surface area contributed by atoms with Crippen molar-refractivity contribution >= 4 is 40.7 Å². The topological polar surface area (TPSA) is 85.8 Å². The zero-order chi connectivity index (χ0) is 22.9. The van der Waals surface area contributed by atoms with E-state index in [1.807, 2.05) is 60.8 Å². The summed E-state index contributed by atoms with van der Waals surface area (Å²) < 4.78 is 8.90. The number of ether oxygens (including phenoxy) is 1. The molecule has 0 atom stereocenters. The van der Waals surface area contributed by atoms with Crippen LogP contribution in [-0.4, -0.2) is 40.2 Å². The Balaban J connectivity index is 1.55. The molecule has 0 saturated carbocycles. The number of hydrogen-bond donors (Lipinski definition) is 1. The van der Waals surface area contributed by atoms with E-state index in [4.69, 9.17) is 21.4 Å². The number of benzene rings is 2. The van der Waals surface area contributed by atoms with Crippen LogP contribution in [0.5, 0.6) is 5.75 Å². The number of para-hydroxylation sites is 1. The molecule has 33 heavy (non-hydrogen) atoms. The second-order valence-corrected chi connectivity index (χ2v) is 8.46. The van der Waals surface area contributed by atoms with E-state index >= 15 is 0 Å². The highest BCUT2D eigenvalue weighted by Gasteiger charge is 2.18. The zero-order valence-electron chi connectivity index (χ0n) is 17.8. The van der Waals surface area contributed by atoms with Crippen molar-refractivity contribution in [2.45, 2.75) is 6.92 Å². The minimum Gasteiger partial charge on any atom is -0.482 e. The molecule has 0 unspecified atom stereocenters. The quantitative estimate of drug-likeness (QED) is 0.448. The summed E-state index contributed by atoms with van der Waals surface area (Å²) in [6.45, 7) is 1.91. The Labute approximate surface area is 198 Å². The van der Waals surface area contributed by atoms with Crippen molar-refractivity contribution in [2.75, 3.05) is 19.0 Å². The van der Waals surface area contributed by atoms with Crippen molar-refractivity contribution in [3.63, 3.8) is 0 Å². The molecule has 2 aromatic carbocycles. The van der Waals surface area contributed by atoms with Crippen LogP contribution in [0.2, 0.25) is 5.15 Å². The first-order chi connectivity index (χ1) is 16.0. The van der Waals surface area contributed by atoms with Gasteiger partial charge in [-0.3, -0.25) is 9.79 Å². The number of thiazole rings is 1. The largest absolute Gasteiger partial charge is 0.482 e. The number of anilines is 1. The SMILES string of the molecule is CN=c1scc(-c2ccc3c(c2)NC(=O)CO3)n1N=Cc1c(C)nn(-c2ccccc2)c1Cl. The molecular weight excluding hydrogens is 460 g/mol. The molecule has 166 valence electrons. The van der Waals surface area contributed by atoms with Gasteiger partial charge in [-0.2, -0.15) is 10.2 Å². The molecule has 0 fully saturated rings. The van der Waals surface area contributed by atoms with E-state index in [1.54, 1.807) is 22.6 Å². The van der Waals surface area contributed by atoms with Crippen LogP contribution in [0.4, 0.5) is 5.69 Å². The smallest absolute Gasteiger partial charge is 0.262 e. The van der Waals surface area contributed by atoms with Gasteiger partial charge in [-0.1, -0.05) is 29.8 Å². The van der Waals surface area contributed by atoms with Crippen LogP contribution in [0.15, 0.2) is 64.0 Å². The van der Waals surface area contributed by atoms with Crippen LogP contribution in [0.25, 0.3) is 16.9 Å². The minimum atomic E-state index is -0.180. The normalized spacial score (nSPS) is 13.8. The highest BCUT2D eigenvalue weighted by molar-refractivity contribution is 7.07. The summed E-state index contributed by atoms with van der Waals surface area (Å²) in [6.07, 6.45) is 1.69. The Bertz CT molecular complexity index is 1450. The van der Waals surface area contributed by atoms with E-state index < -0.39 is 0 Å². The third kappa shape index (κ3) is 3.96. The molecular formula is C23H19ClN6O2S. The van der Waals surface area contributed by atoms with Gasteiger partial charge in [-0.25, -0.2) is 9.36 Å². The first kappa shape index (κ1) is 21.2. The lowest BCUT2D eigenvalue weighted by Crippen LogP contribution is -2.25. The number of fused-ring (bicyclic) bond motifs is 1. The first-order valence-electron chi connectivity index (χ1n) is 10.1. The molecule has 5 rings (SSSR count). The second-order valence-electron chi connectivity index (χ2n) is 7.27. The van der Waals surface area contributed by atoms with Gasteiger partial charge in [0.05, 0.1) is 34.5 Å². The number of aryl methyl sites for hydroxylation is 1. The van der Waals surface area contributed by atoms with E-state index in [1.165, 1.54) is 11.3 Å². The number of amides is 1. The maximum Gasteiger partial charge on any atom is 0.262 e. The summed E-state index contributed by atoms with van der Waals surface area (Å²) in [5.41, 5.74) is 4.67. The lowest BCUT2D eigenvalue weighted by Gasteiger charge is -2.18. The highest BCUT2D eigenvalue weighted by atomic mass is 35.5. The standard InChI is InChI=1S/C23H19ClN6O2S/c1-14-17(22(24)29(28-14)16-6-4-3-5-7-16)11-26-30-19(13-33-23(30)25-2)15-8-9-20-18(10-15)27-21(31)12-32-20/h3-11,13H,12H2,1-2H3,(H,27,31). The summed E-state index contributed by atoms with van der Waals surface area (Å²) in [5, 5.41) is 14.5. The van der Waals surface area contributed by atoms with Gasteiger partial charge in [-0.15, -0.1) is 11.3 Å². The number of nitrogens with one attached hydrogen (secondary N) is 1. The summed E-state index contributed by atoms with van der Waals surface area (Å²) in [7, 11) is 1.72. The second kappa shape index (κ2) is 8.68. The van der Waals surface area contributed by atoms with Crippen LogP contribution in [0, 0.1) is 6.92 Å². The van der Waals surface area contributed by atoms with Crippen molar-refractivity contribution in [3.8, 4) is 22.7 Å². The fourth-order valence-electron chi connectivity index (χ4n) is 3.52. The fourth-order valence-corrected chi connectivity index (χ4v) is 4.64. The highest BCUT2D eigenvalue weighted by Crippen LogP contribution is 2.33. The summed E-state index contributed by atoms with van der Waals surface area (Å²) in [4.78, 5) is 16.8. The average Bonchev–Trinajstić information content (AvgIpc) is 3.37. The number of rotatable bonds is 4.